The highest BCUT2D eigenvalue weighted by molar-refractivity contribution is 5.54. The van der Waals surface area contributed by atoms with Gasteiger partial charge in [0.1, 0.15) is 0 Å². The van der Waals surface area contributed by atoms with Crippen molar-refractivity contribution in [1.29, 1.82) is 0 Å². The standard InChI is InChI=1S/C9H18O3.C4H11N/c1-6(2)5-8(7(3)4)12-9(10)11;1-2-3-4-5/h6-8H,5H2,1-4H3,(H,10,11);2-5H2,1H3. The predicted molar refractivity (Wildman–Crippen MR) is 67.2 cm³/mol. The van der Waals surface area contributed by atoms with E-state index < -0.39 is 6.16 Å². The highest BCUT2D eigenvalue weighted by Crippen LogP contribution is 2.15. The Morgan fingerprint density at radius 2 is 1.82 bits per heavy atom. The van der Waals surface area contributed by atoms with Gasteiger partial charge in [-0.05, 0) is 24.7 Å². The zero-order valence-electron chi connectivity index (χ0n) is 12.0. The van der Waals surface area contributed by atoms with E-state index in [1.807, 2.05) is 27.7 Å². The van der Waals surface area contributed by atoms with Crippen molar-refractivity contribution in [3.63, 3.8) is 0 Å². The minimum atomic E-state index is -1.42. The van der Waals surface area contributed by atoms with Gasteiger partial charge >= 0.3 is 0 Å². The van der Waals surface area contributed by atoms with Crippen molar-refractivity contribution in [3.8, 4) is 0 Å². The van der Waals surface area contributed by atoms with E-state index in [1.165, 1.54) is 12.8 Å². The summed E-state index contributed by atoms with van der Waals surface area (Å²) < 4.78 is 4.63. The molecule has 104 valence electrons. The first-order valence-corrected chi connectivity index (χ1v) is 6.51. The van der Waals surface area contributed by atoms with E-state index in [1.54, 1.807) is 0 Å². The molecule has 0 rings (SSSR count). The van der Waals surface area contributed by atoms with Crippen molar-refractivity contribution >= 4 is 6.16 Å². The van der Waals surface area contributed by atoms with Crippen LogP contribution in [0.3, 0.4) is 0 Å². The summed E-state index contributed by atoms with van der Waals surface area (Å²) in [7, 11) is 0. The Balaban J connectivity index is 0. The van der Waals surface area contributed by atoms with Gasteiger partial charge < -0.3 is 20.4 Å². The molecular formula is C13H29NO3. The second-order valence-electron chi connectivity index (χ2n) is 4.99. The van der Waals surface area contributed by atoms with Crippen molar-refractivity contribution in [2.24, 2.45) is 11.8 Å². The first kappa shape index (κ1) is 18.6. The van der Waals surface area contributed by atoms with Gasteiger partial charge in [-0.2, -0.15) is 0 Å². The van der Waals surface area contributed by atoms with Crippen LogP contribution in [-0.2, 0) is 4.74 Å². The van der Waals surface area contributed by atoms with Gasteiger partial charge in [-0.25, -0.2) is 0 Å². The first-order chi connectivity index (χ1) is 7.84. The fraction of sp³-hybridized carbons (Fsp3) is 0.923. The molecule has 0 heterocycles. The van der Waals surface area contributed by atoms with Crippen LogP contribution in [-0.4, -0.2) is 18.8 Å². The van der Waals surface area contributed by atoms with Crippen LogP contribution >= 0.6 is 0 Å². The number of hydrogen-bond donors (Lipinski definition) is 1. The summed E-state index contributed by atoms with van der Waals surface area (Å²) in [6, 6.07) is 0. The fourth-order valence-corrected chi connectivity index (χ4v) is 1.29. The van der Waals surface area contributed by atoms with Gasteiger partial charge in [0.2, 0.25) is 0 Å². The Morgan fingerprint density at radius 1 is 1.29 bits per heavy atom. The molecule has 0 aromatic carbocycles. The molecule has 0 amide bonds. The smallest absolute Gasteiger partial charge is 0.252 e. The van der Waals surface area contributed by atoms with E-state index in [9.17, 15) is 9.90 Å². The lowest BCUT2D eigenvalue weighted by atomic mass is 9.97. The maximum absolute atomic E-state index is 10.2. The molecule has 0 aliphatic rings. The van der Waals surface area contributed by atoms with Gasteiger partial charge in [-0.1, -0.05) is 41.0 Å². The second kappa shape index (κ2) is 11.7. The zero-order valence-corrected chi connectivity index (χ0v) is 12.0. The molecule has 0 radical (unpaired) electrons. The third-order valence-corrected chi connectivity index (χ3v) is 2.30. The van der Waals surface area contributed by atoms with Gasteiger partial charge in [-0.3, -0.25) is 0 Å². The van der Waals surface area contributed by atoms with Crippen molar-refractivity contribution in [2.45, 2.75) is 60.0 Å². The topological polar surface area (TPSA) is 77.0 Å². The number of hydrogen-bond acceptors (Lipinski definition) is 3. The number of carbonyl (C=O) groups excluding carboxylic acids is 1. The summed E-state index contributed by atoms with van der Waals surface area (Å²) in [5.41, 5.74) is 3.68. The van der Waals surface area contributed by atoms with E-state index in [0.29, 0.717) is 5.92 Å². The molecule has 0 fully saturated rings. The molecule has 4 heteroatoms. The first-order valence-electron chi connectivity index (χ1n) is 6.51. The number of unbranched alkanes of at least 4 members (excludes halogenated alkanes) is 1. The van der Waals surface area contributed by atoms with Crippen LogP contribution < -0.4 is 10.8 Å². The molecule has 0 bridgehead atoms. The number of carbonyl (C=O) groups is 1. The lowest BCUT2D eigenvalue weighted by molar-refractivity contribution is -0.368. The minimum Gasteiger partial charge on any atom is -0.546 e. The molecule has 0 aromatic rings. The van der Waals surface area contributed by atoms with E-state index in [-0.39, 0.29) is 12.0 Å². The van der Waals surface area contributed by atoms with E-state index in [2.05, 4.69) is 17.4 Å². The summed E-state index contributed by atoms with van der Waals surface area (Å²) in [5.74, 6) is 0.655. The van der Waals surface area contributed by atoms with Crippen LogP contribution in [0.1, 0.15) is 53.9 Å². The number of carboxylic acid groups (broad SMARTS) is 1. The molecule has 1 atom stereocenters. The largest absolute Gasteiger partial charge is 0.546 e. The van der Waals surface area contributed by atoms with Crippen molar-refractivity contribution in [2.75, 3.05) is 6.54 Å². The number of quaternary nitrogens is 1. The highest BCUT2D eigenvalue weighted by atomic mass is 16.7. The third-order valence-electron chi connectivity index (χ3n) is 2.30. The Labute approximate surface area is 106 Å². The summed E-state index contributed by atoms with van der Waals surface area (Å²) in [5, 5.41) is 10.2. The van der Waals surface area contributed by atoms with Crippen molar-refractivity contribution in [3.05, 3.63) is 0 Å². The summed E-state index contributed by atoms with van der Waals surface area (Å²) in [4.78, 5) is 10.2. The summed E-state index contributed by atoms with van der Waals surface area (Å²) >= 11 is 0. The summed E-state index contributed by atoms with van der Waals surface area (Å²) in [6.45, 7) is 11.2. The van der Waals surface area contributed by atoms with E-state index in [0.717, 1.165) is 13.0 Å². The van der Waals surface area contributed by atoms with Crippen LogP contribution in [0.4, 0.5) is 4.79 Å². The maximum Gasteiger partial charge on any atom is 0.252 e. The lowest BCUT2D eigenvalue weighted by Gasteiger charge is -2.27. The van der Waals surface area contributed by atoms with Gasteiger partial charge in [0.25, 0.3) is 6.16 Å². The molecular weight excluding hydrogens is 218 g/mol. The van der Waals surface area contributed by atoms with E-state index in [4.69, 9.17) is 0 Å². The molecule has 17 heavy (non-hydrogen) atoms. The summed E-state index contributed by atoms with van der Waals surface area (Å²) in [6.07, 6.45) is 1.67. The van der Waals surface area contributed by atoms with E-state index >= 15 is 0 Å². The predicted octanol–water partition coefficient (Wildman–Crippen LogP) is 1.45. The minimum absolute atomic E-state index is 0.213. The molecule has 0 saturated heterocycles. The van der Waals surface area contributed by atoms with Crippen molar-refractivity contribution < 1.29 is 20.4 Å². The SMILES string of the molecule is CC(C)CC(OC(=O)[O-])C(C)C.CCCC[NH3+]. The monoisotopic (exact) mass is 247 g/mol. The van der Waals surface area contributed by atoms with Crippen LogP contribution in [0.25, 0.3) is 0 Å². The fourth-order valence-electron chi connectivity index (χ4n) is 1.29. The zero-order chi connectivity index (χ0) is 13.8. The van der Waals surface area contributed by atoms with Crippen LogP contribution in [0.5, 0.6) is 0 Å². The van der Waals surface area contributed by atoms with Gasteiger partial charge in [0, 0.05) is 6.10 Å². The Morgan fingerprint density at radius 3 is 2.00 bits per heavy atom. The third kappa shape index (κ3) is 15.2. The average Bonchev–Trinajstić information content (AvgIpc) is 2.17. The lowest BCUT2D eigenvalue weighted by Crippen LogP contribution is -2.49. The molecule has 4 nitrogen and oxygen atoms in total. The van der Waals surface area contributed by atoms with Gasteiger partial charge in [-0.15, -0.1) is 0 Å². The Kier molecular flexibility index (Phi) is 12.8. The molecule has 0 aliphatic heterocycles. The number of rotatable bonds is 6. The molecule has 0 saturated carbocycles. The van der Waals surface area contributed by atoms with Gasteiger partial charge in [0.15, 0.2) is 0 Å². The van der Waals surface area contributed by atoms with Gasteiger partial charge in [0.05, 0.1) is 6.54 Å². The quantitative estimate of drug-likeness (QED) is 0.722. The molecule has 0 spiro atoms. The second-order valence-corrected chi connectivity index (χ2v) is 4.99. The average molecular weight is 247 g/mol. The molecule has 0 aliphatic carbocycles. The Bertz CT molecular complexity index is 180. The van der Waals surface area contributed by atoms with Crippen LogP contribution in [0.15, 0.2) is 0 Å². The number of ether oxygens (including phenoxy) is 1. The molecule has 1 unspecified atom stereocenters. The van der Waals surface area contributed by atoms with Crippen molar-refractivity contribution in [1.82, 2.24) is 0 Å². The molecule has 3 N–H and O–H groups in total. The van der Waals surface area contributed by atoms with Crippen LogP contribution in [0.2, 0.25) is 0 Å². The molecule has 0 aromatic heterocycles. The maximum atomic E-state index is 10.2. The van der Waals surface area contributed by atoms with Crippen LogP contribution in [0, 0.1) is 11.8 Å². The Hall–Kier alpha value is -0.770. The highest BCUT2D eigenvalue weighted by Gasteiger charge is 2.13. The normalized spacial score (nSPS) is 12.0.